The Morgan fingerprint density at radius 2 is 0.864 bits per heavy atom. The molecular formula is C18H14O3S. The number of rotatable bonds is 4. The summed E-state index contributed by atoms with van der Waals surface area (Å²) in [5.74, 6) is 3.05. The molecule has 0 bridgehead atoms. The lowest BCUT2D eigenvalue weighted by atomic mass is 10.3. The minimum Gasteiger partial charge on any atom is -0.508 e. The summed E-state index contributed by atoms with van der Waals surface area (Å²) in [6.45, 7) is 0. The summed E-state index contributed by atoms with van der Waals surface area (Å²) in [7, 11) is 0. The molecule has 0 heterocycles. The molecule has 0 unspecified atom stereocenters. The van der Waals surface area contributed by atoms with Gasteiger partial charge in [-0.25, -0.2) is 0 Å². The molecule has 0 spiro atoms. The van der Waals surface area contributed by atoms with E-state index in [1.807, 2.05) is 48.5 Å². The van der Waals surface area contributed by atoms with Gasteiger partial charge in [0.1, 0.15) is 28.7 Å². The zero-order chi connectivity index (χ0) is 15.4. The maximum absolute atomic E-state index is 9.24. The van der Waals surface area contributed by atoms with Crippen molar-refractivity contribution < 1.29 is 14.6 Å². The van der Waals surface area contributed by atoms with Crippen molar-refractivity contribution in [1.82, 2.24) is 0 Å². The zero-order valence-electron chi connectivity index (χ0n) is 11.6. The fraction of sp³-hybridized carbons (Fsp3) is 0. The summed E-state index contributed by atoms with van der Waals surface area (Å²) in [6.07, 6.45) is 0. The summed E-state index contributed by atoms with van der Waals surface area (Å²) in [5.41, 5.74) is 0. The van der Waals surface area contributed by atoms with E-state index in [9.17, 15) is 5.11 Å². The molecule has 0 aliphatic rings. The van der Waals surface area contributed by atoms with Crippen LogP contribution in [0.25, 0.3) is 0 Å². The van der Waals surface area contributed by atoms with Crippen LogP contribution in [0, 0.1) is 0 Å². The molecule has 0 aliphatic heterocycles. The van der Waals surface area contributed by atoms with Gasteiger partial charge in [0.05, 0.1) is 0 Å². The minimum atomic E-state index is 0.211. The average Bonchev–Trinajstić information content (AvgIpc) is 2.54. The first-order valence-electron chi connectivity index (χ1n) is 6.73. The first kappa shape index (κ1) is 14.4. The number of phenols is 1. The van der Waals surface area contributed by atoms with E-state index in [2.05, 4.69) is 12.6 Å². The van der Waals surface area contributed by atoms with Crippen LogP contribution in [0.4, 0.5) is 0 Å². The predicted molar refractivity (Wildman–Crippen MR) is 88.4 cm³/mol. The molecule has 3 aromatic carbocycles. The van der Waals surface area contributed by atoms with Crippen LogP contribution in [0.1, 0.15) is 0 Å². The van der Waals surface area contributed by atoms with Gasteiger partial charge in [-0.05, 0) is 72.8 Å². The Morgan fingerprint density at radius 3 is 1.27 bits per heavy atom. The van der Waals surface area contributed by atoms with Crippen molar-refractivity contribution in [3.05, 3.63) is 72.8 Å². The van der Waals surface area contributed by atoms with Gasteiger partial charge in [-0.2, -0.15) is 0 Å². The van der Waals surface area contributed by atoms with E-state index >= 15 is 0 Å². The highest BCUT2D eigenvalue weighted by Gasteiger charge is 2.00. The summed E-state index contributed by atoms with van der Waals surface area (Å²) in [6, 6.07) is 21.4. The Hall–Kier alpha value is -2.59. The molecular weight excluding hydrogens is 296 g/mol. The fourth-order valence-electron chi connectivity index (χ4n) is 1.88. The molecule has 4 heteroatoms. The molecule has 0 saturated carbocycles. The van der Waals surface area contributed by atoms with Gasteiger partial charge in [0.15, 0.2) is 0 Å². The second-order valence-electron chi connectivity index (χ2n) is 4.66. The molecule has 110 valence electrons. The van der Waals surface area contributed by atoms with Crippen LogP contribution in [-0.2, 0) is 0 Å². The Balaban J connectivity index is 1.67. The predicted octanol–water partition coefficient (Wildman–Crippen LogP) is 5.27. The van der Waals surface area contributed by atoms with Crippen LogP contribution >= 0.6 is 12.6 Å². The lowest BCUT2D eigenvalue weighted by Gasteiger charge is -2.08. The SMILES string of the molecule is Oc1ccc(Oc2ccc(Oc3ccc(S)cc3)cc2)cc1. The Morgan fingerprint density at radius 1 is 0.545 bits per heavy atom. The van der Waals surface area contributed by atoms with Gasteiger partial charge in [-0.3, -0.25) is 0 Å². The summed E-state index contributed by atoms with van der Waals surface area (Å²) < 4.78 is 11.4. The highest BCUT2D eigenvalue weighted by atomic mass is 32.1. The maximum atomic E-state index is 9.24. The van der Waals surface area contributed by atoms with E-state index in [4.69, 9.17) is 9.47 Å². The third-order valence-electron chi connectivity index (χ3n) is 2.97. The van der Waals surface area contributed by atoms with Crippen LogP contribution in [0.15, 0.2) is 77.7 Å². The first-order chi connectivity index (χ1) is 10.7. The molecule has 3 rings (SSSR count). The van der Waals surface area contributed by atoms with Gasteiger partial charge in [-0.15, -0.1) is 12.6 Å². The molecule has 1 N–H and O–H groups in total. The van der Waals surface area contributed by atoms with Gasteiger partial charge in [0, 0.05) is 4.90 Å². The molecule has 0 radical (unpaired) electrons. The van der Waals surface area contributed by atoms with Crippen molar-refractivity contribution in [1.29, 1.82) is 0 Å². The number of ether oxygens (including phenoxy) is 2. The van der Waals surface area contributed by atoms with E-state index < -0.39 is 0 Å². The normalized spacial score (nSPS) is 10.2. The quantitative estimate of drug-likeness (QED) is 0.645. The standard InChI is InChI=1S/C18H14O3S/c19-13-1-3-14(4-2-13)20-15-5-7-16(8-6-15)21-17-9-11-18(22)12-10-17/h1-12,19,22H. The number of phenolic OH excluding ortho intramolecular Hbond substituents is 1. The van der Waals surface area contributed by atoms with Crippen molar-refractivity contribution in [2.75, 3.05) is 0 Å². The van der Waals surface area contributed by atoms with E-state index in [0.717, 1.165) is 16.4 Å². The van der Waals surface area contributed by atoms with Crippen LogP contribution in [-0.4, -0.2) is 5.11 Å². The number of thiol groups is 1. The van der Waals surface area contributed by atoms with Crippen LogP contribution < -0.4 is 9.47 Å². The van der Waals surface area contributed by atoms with Crippen LogP contribution in [0.5, 0.6) is 28.7 Å². The molecule has 22 heavy (non-hydrogen) atoms. The second-order valence-corrected chi connectivity index (χ2v) is 5.18. The van der Waals surface area contributed by atoms with E-state index in [1.54, 1.807) is 24.3 Å². The van der Waals surface area contributed by atoms with Gasteiger partial charge in [0.25, 0.3) is 0 Å². The fourth-order valence-corrected chi connectivity index (χ4v) is 2.03. The molecule has 0 saturated heterocycles. The van der Waals surface area contributed by atoms with Crippen molar-refractivity contribution >= 4 is 12.6 Å². The van der Waals surface area contributed by atoms with E-state index in [-0.39, 0.29) is 5.75 Å². The molecule has 0 aliphatic carbocycles. The van der Waals surface area contributed by atoms with Gasteiger partial charge in [0.2, 0.25) is 0 Å². The Kier molecular flexibility index (Phi) is 4.21. The van der Waals surface area contributed by atoms with E-state index in [1.165, 1.54) is 0 Å². The molecule has 0 amide bonds. The summed E-state index contributed by atoms with van der Waals surface area (Å²) in [4.78, 5) is 0.894. The highest BCUT2D eigenvalue weighted by molar-refractivity contribution is 7.80. The molecule has 0 aromatic heterocycles. The van der Waals surface area contributed by atoms with Crippen molar-refractivity contribution in [3.63, 3.8) is 0 Å². The lowest BCUT2D eigenvalue weighted by molar-refractivity contribution is 0.461. The molecule has 3 nitrogen and oxygen atoms in total. The zero-order valence-corrected chi connectivity index (χ0v) is 12.5. The van der Waals surface area contributed by atoms with Gasteiger partial charge >= 0.3 is 0 Å². The number of hydrogen-bond acceptors (Lipinski definition) is 4. The number of hydrogen-bond donors (Lipinski definition) is 2. The third-order valence-corrected chi connectivity index (χ3v) is 3.27. The van der Waals surface area contributed by atoms with Gasteiger partial charge in [-0.1, -0.05) is 0 Å². The Labute approximate surface area is 134 Å². The highest BCUT2D eigenvalue weighted by Crippen LogP contribution is 2.27. The second kappa shape index (κ2) is 6.45. The largest absolute Gasteiger partial charge is 0.508 e. The van der Waals surface area contributed by atoms with Crippen molar-refractivity contribution in [2.24, 2.45) is 0 Å². The average molecular weight is 310 g/mol. The summed E-state index contributed by atoms with van der Waals surface area (Å²) in [5, 5.41) is 9.24. The molecule has 3 aromatic rings. The maximum Gasteiger partial charge on any atom is 0.127 e. The first-order valence-corrected chi connectivity index (χ1v) is 7.18. The topological polar surface area (TPSA) is 38.7 Å². The van der Waals surface area contributed by atoms with Crippen LogP contribution in [0.3, 0.4) is 0 Å². The molecule has 0 fully saturated rings. The monoisotopic (exact) mass is 310 g/mol. The minimum absolute atomic E-state index is 0.211. The number of benzene rings is 3. The smallest absolute Gasteiger partial charge is 0.127 e. The Bertz CT molecular complexity index is 668. The third kappa shape index (κ3) is 3.74. The lowest BCUT2D eigenvalue weighted by Crippen LogP contribution is -1.86. The van der Waals surface area contributed by atoms with Crippen LogP contribution in [0.2, 0.25) is 0 Å². The number of aromatic hydroxyl groups is 1. The van der Waals surface area contributed by atoms with E-state index in [0.29, 0.717) is 11.5 Å². The summed E-state index contributed by atoms with van der Waals surface area (Å²) >= 11 is 4.24. The molecule has 0 atom stereocenters. The van der Waals surface area contributed by atoms with Crippen molar-refractivity contribution in [2.45, 2.75) is 4.90 Å². The van der Waals surface area contributed by atoms with Crippen molar-refractivity contribution in [3.8, 4) is 28.7 Å². The van der Waals surface area contributed by atoms with Gasteiger partial charge < -0.3 is 14.6 Å².